The van der Waals surface area contributed by atoms with E-state index in [1.807, 2.05) is 18.2 Å². The van der Waals surface area contributed by atoms with Gasteiger partial charge in [0.25, 0.3) is 0 Å². The molecule has 0 aliphatic heterocycles. The van der Waals surface area contributed by atoms with E-state index in [1.165, 1.54) is 0 Å². The Morgan fingerprint density at radius 1 is 1.11 bits per heavy atom. The second-order valence-corrected chi connectivity index (χ2v) is 7.29. The smallest absolute Gasteiger partial charge is 0.120 e. The Hall–Kier alpha value is -1.02. The number of rotatable bonds is 5. The van der Waals surface area contributed by atoms with Gasteiger partial charge in [-0.05, 0) is 38.2 Å². The first-order valence-corrected chi connectivity index (χ1v) is 7.20. The van der Waals surface area contributed by atoms with E-state index in [9.17, 15) is 5.11 Å². The average Bonchev–Trinajstić information content (AvgIpc) is 2.23. The first-order valence-electron chi connectivity index (χ1n) is 7.20. The molecule has 1 aromatic rings. The van der Waals surface area contributed by atoms with Gasteiger partial charge in [-0.3, -0.25) is 0 Å². The van der Waals surface area contributed by atoms with E-state index >= 15 is 0 Å². The standard InChI is InChI=1S/C17H29NO/c1-7-14(13-10-8-9-11-15(13)19)18-17(5,6)12-16(2,3)4/h8-11,14,18-19H,7,12H2,1-6H3. The zero-order valence-corrected chi connectivity index (χ0v) is 13.2. The third-order valence-corrected chi connectivity index (χ3v) is 3.26. The number of nitrogens with one attached hydrogen (secondary N) is 1. The van der Waals surface area contributed by atoms with E-state index in [1.54, 1.807) is 6.07 Å². The molecule has 0 aliphatic carbocycles. The van der Waals surface area contributed by atoms with Gasteiger partial charge in [0.15, 0.2) is 0 Å². The number of aromatic hydroxyl groups is 1. The fourth-order valence-corrected chi connectivity index (χ4v) is 3.03. The zero-order chi connectivity index (χ0) is 14.7. The highest BCUT2D eigenvalue weighted by Gasteiger charge is 2.28. The Morgan fingerprint density at radius 2 is 1.68 bits per heavy atom. The van der Waals surface area contributed by atoms with Crippen LogP contribution in [0.4, 0.5) is 0 Å². The number of para-hydroxylation sites is 1. The van der Waals surface area contributed by atoms with Crippen LogP contribution in [0.25, 0.3) is 0 Å². The van der Waals surface area contributed by atoms with Crippen molar-refractivity contribution in [3.05, 3.63) is 29.8 Å². The molecular formula is C17H29NO. The summed E-state index contributed by atoms with van der Waals surface area (Å²) in [7, 11) is 0. The van der Waals surface area contributed by atoms with Crippen LogP contribution in [-0.2, 0) is 0 Å². The Labute approximate surface area is 118 Å². The molecule has 0 amide bonds. The molecule has 19 heavy (non-hydrogen) atoms. The molecule has 0 radical (unpaired) electrons. The van der Waals surface area contributed by atoms with Gasteiger partial charge in [-0.2, -0.15) is 0 Å². The minimum absolute atomic E-state index is 0.0429. The number of hydrogen-bond donors (Lipinski definition) is 2. The number of hydrogen-bond acceptors (Lipinski definition) is 2. The lowest BCUT2D eigenvalue weighted by Crippen LogP contribution is -2.44. The lowest BCUT2D eigenvalue weighted by atomic mass is 9.81. The van der Waals surface area contributed by atoms with Crippen molar-refractivity contribution < 1.29 is 5.11 Å². The van der Waals surface area contributed by atoms with Crippen molar-refractivity contribution in [2.24, 2.45) is 5.41 Å². The summed E-state index contributed by atoms with van der Waals surface area (Å²) in [6.07, 6.45) is 2.05. The highest BCUT2D eigenvalue weighted by molar-refractivity contribution is 5.34. The maximum absolute atomic E-state index is 10.0. The lowest BCUT2D eigenvalue weighted by Gasteiger charge is -2.37. The molecule has 1 rings (SSSR count). The number of phenols is 1. The molecule has 2 nitrogen and oxygen atoms in total. The van der Waals surface area contributed by atoms with Crippen molar-refractivity contribution >= 4 is 0 Å². The molecule has 0 fully saturated rings. The highest BCUT2D eigenvalue weighted by atomic mass is 16.3. The van der Waals surface area contributed by atoms with Gasteiger partial charge in [0.05, 0.1) is 0 Å². The summed E-state index contributed by atoms with van der Waals surface area (Å²) in [6, 6.07) is 7.81. The average molecular weight is 263 g/mol. The van der Waals surface area contributed by atoms with E-state index in [4.69, 9.17) is 0 Å². The molecule has 0 aromatic heterocycles. The van der Waals surface area contributed by atoms with Gasteiger partial charge in [-0.1, -0.05) is 45.9 Å². The maximum atomic E-state index is 10.0. The Balaban J connectivity index is 2.86. The van der Waals surface area contributed by atoms with E-state index in [0.29, 0.717) is 5.75 Å². The van der Waals surface area contributed by atoms with Crippen LogP contribution in [0.2, 0.25) is 0 Å². The molecule has 1 atom stereocenters. The van der Waals surface area contributed by atoms with Crippen molar-refractivity contribution in [2.75, 3.05) is 0 Å². The molecule has 1 aromatic carbocycles. The van der Waals surface area contributed by atoms with Crippen molar-refractivity contribution in [3.8, 4) is 5.75 Å². The van der Waals surface area contributed by atoms with Crippen molar-refractivity contribution in [1.82, 2.24) is 5.32 Å². The topological polar surface area (TPSA) is 32.3 Å². The van der Waals surface area contributed by atoms with Gasteiger partial charge in [-0.15, -0.1) is 0 Å². The maximum Gasteiger partial charge on any atom is 0.120 e. The predicted octanol–water partition coefficient (Wildman–Crippen LogP) is 4.65. The van der Waals surface area contributed by atoms with E-state index in [0.717, 1.165) is 18.4 Å². The van der Waals surface area contributed by atoms with Crippen LogP contribution in [0.1, 0.15) is 66.0 Å². The van der Waals surface area contributed by atoms with E-state index < -0.39 is 0 Å². The third-order valence-electron chi connectivity index (χ3n) is 3.26. The molecule has 108 valence electrons. The monoisotopic (exact) mass is 263 g/mol. The molecule has 0 aliphatic rings. The van der Waals surface area contributed by atoms with Crippen LogP contribution >= 0.6 is 0 Å². The lowest BCUT2D eigenvalue weighted by molar-refractivity contribution is 0.219. The van der Waals surface area contributed by atoms with Gasteiger partial charge in [0, 0.05) is 17.1 Å². The van der Waals surface area contributed by atoms with Crippen LogP contribution in [-0.4, -0.2) is 10.6 Å². The van der Waals surface area contributed by atoms with Crippen molar-refractivity contribution in [1.29, 1.82) is 0 Å². The van der Waals surface area contributed by atoms with Gasteiger partial charge < -0.3 is 10.4 Å². The molecule has 2 heteroatoms. The summed E-state index contributed by atoms with van der Waals surface area (Å²) in [6.45, 7) is 13.4. The Bertz CT molecular complexity index is 404. The largest absolute Gasteiger partial charge is 0.508 e. The summed E-state index contributed by atoms with van der Waals surface area (Å²) < 4.78 is 0. The SMILES string of the molecule is CCC(NC(C)(C)CC(C)(C)C)c1ccccc1O. The summed E-state index contributed by atoms with van der Waals surface area (Å²) in [5.41, 5.74) is 1.32. The van der Waals surface area contributed by atoms with Crippen molar-refractivity contribution in [2.45, 2.75) is 66.0 Å². The van der Waals surface area contributed by atoms with Crippen LogP contribution < -0.4 is 5.32 Å². The number of phenolic OH excluding ortho intramolecular Hbond substituents is 1. The summed E-state index contributed by atoms with van der Waals surface area (Å²) in [5.74, 6) is 0.383. The van der Waals surface area contributed by atoms with E-state index in [2.05, 4.69) is 46.9 Å². The second-order valence-electron chi connectivity index (χ2n) is 7.29. The van der Waals surface area contributed by atoms with Gasteiger partial charge in [0.2, 0.25) is 0 Å². The van der Waals surface area contributed by atoms with E-state index in [-0.39, 0.29) is 17.0 Å². The fourth-order valence-electron chi connectivity index (χ4n) is 3.03. The molecule has 1 unspecified atom stereocenters. The molecule has 0 heterocycles. The molecule has 0 bridgehead atoms. The second kappa shape index (κ2) is 5.96. The molecule has 0 saturated heterocycles. The van der Waals surface area contributed by atoms with Gasteiger partial charge in [0.1, 0.15) is 5.75 Å². The predicted molar refractivity (Wildman–Crippen MR) is 82.4 cm³/mol. The molecule has 0 saturated carbocycles. The summed E-state index contributed by atoms with van der Waals surface area (Å²) in [5, 5.41) is 13.7. The van der Waals surface area contributed by atoms with Gasteiger partial charge in [-0.25, -0.2) is 0 Å². The molecular weight excluding hydrogens is 234 g/mol. The first-order chi connectivity index (χ1) is 8.64. The molecule has 0 spiro atoms. The van der Waals surface area contributed by atoms with Gasteiger partial charge >= 0.3 is 0 Å². The van der Waals surface area contributed by atoms with Crippen LogP contribution in [0.3, 0.4) is 0 Å². The zero-order valence-electron chi connectivity index (χ0n) is 13.2. The van der Waals surface area contributed by atoms with Crippen LogP contribution in [0.5, 0.6) is 5.75 Å². The normalized spacial score (nSPS) is 14.4. The molecule has 2 N–H and O–H groups in total. The highest BCUT2D eigenvalue weighted by Crippen LogP contribution is 2.32. The first kappa shape index (κ1) is 16.0. The fraction of sp³-hybridized carbons (Fsp3) is 0.647. The quantitative estimate of drug-likeness (QED) is 0.810. The Kier molecular flexibility index (Phi) is 5.03. The van der Waals surface area contributed by atoms with Crippen LogP contribution in [0, 0.1) is 5.41 Å². The van der Waals surface area contributed by atoms with Crippen LogP contribution in [0.15, 0.2) is 24.3 Å². The summed E-state index contributed by atoms with van der Waals surface area (Å²) in [4.78, 5) is 0. The third kappa shape index (κ3) is 5.23. The summed E-state index contributed by atoms with van der Waals surface area (Å²) >= 11 is 0. The van der Waals surface area contributed by atoms with Crippen molar-refractivity contribution in [3.63, 3.8) is 0 Å². The minimum Gasteiger partial charge on any atom is -0.508 e. The number of benzene rings is 1. The minimum atomic E-state index is 0.0429. The Morgan fingerprint density at radius 3 is 2.16 bits per heavy atom.